The second-order valence-corrected chi connectivity index (χ2v) is 5.42. The first-order chi connectivity index (χ1) is 10.2. The average Bonchev–Trinajstić information content (AvgIpc) is 2.50. The maximum atomic E-state index is 13.6. The Balaban J connectivity index is 1.77. The van der Waals surface area contributed by atoms with E-state index in [0.29, 0.717) is 18.7 Å². The van der Waals surface area contributed by atoms with Gasteiger partial charge < -0.3 is 10.0 Å². The molecule has 1 aromatic rings. The van der Waals surface area contributed by atoms with Gasteiger partial charge in [0.1, 0.15) is 5.82 Å². The number of benzene rings is 1. The Hall–Kier alpha value is -1.46. The van der Waals surface area contributed by atoms with Crippen molar-refractivity contribution >= 4 is 5.91 Å². The number of nitrogens with zero attached hydrogens (tertiary/aromatic N) is 2. The molecule has 21 heavy (non-hydrogen) atoms. The lowest BCUT2D eigenvalue weighted by Gasteiger charge is -2.34. The zero-order chi connectivity index (χ0) is 15.1. The van der Waals surface area contributed by atoms with Crippen molar-refractivity contribution in [2.75, 3.05) is 39.3 Å². The Labute approximate surface area is 125 Å². The fourth-order valence-electron chi connectivity index (χ4n) is 2.58. The minimum Gasteiger partial charge on any atom is -0.396 e. The summed E-state index contributed by atoms with van der Waals surface area (Å²) in [6, 6.07) is 6.44. The quantitative estimate of drug-likeness (QED) is 0.804. The molecule has 1 amide bonds. The predicted molar refractivity (Wildman–Crippen MR) is 79.4 cm³/mol. The van der Waals surface area contributed by atoms with Crippen molar-refractivity contribution < 1.29 is 14.3 Å². The van der Waals surface area contributed by atoms with Crippen LogP contribution in [0.1, 0.15) is 18.4 Å². The first kappa shape index (κ1) is 15.9. The van der Waals surface area contributed by atoms with Gasteiger partial charge in [-0.05, 0) is 31.0 Å². The van der Waals surface area contributed by atoms with Crippen LogP contribution in [0.3, 0.4) is 0 Å². The van der Waals surface area contributed by atoms with Gasteiger partial charge in [-0.25, -0.2) is 4.39 Å². The molecule has 2 rings (SSSR count). The Bertz CT molecular complexity index is 459. The zero-order valence-electron chi connectivity index (χ0n) is 12.3. The SMILES string of the molecule is O=C(Cc1ccccc1F)N1CCN(CCCCO)CC1. The van der Waals surface area contributed by atoms with Gasteiger partial charge in [-0.2, -0.15) is 0 Å². The van der Waals surface area contributed by atoms with E-state index in [4.69, 9.17) is 5.11 Å². The highest BCUT2D eigenvalue weighted by Crippen LogP contribution is 2.10. The molecule has 0 aliphatic carbocycles. The van der Waals surface area contributed by atoms with Gasteiger partial charge in [-0.15, -0.1) is 0 Å². The van der Waals surface area contributed by atoms with Crippen LogP contribution in [0.5, 0.6) is 0 Å². The molecule has 0 radical (unpaired) electrons. The van der Waals surface area contributed by atoms with Crippen molar-refractivity contribution in [3.63, 3.8) is 0 Å². The van der Waals surface area contributed by atoms with Crippen LogP contribution < -0.4 is 0 Å². The van der Waals surface area contributed by atoms with Crippen molar-refractivity contribution in [3.8, 4) is 0 Å². The van der Waals surface area contributed by atoms with Crippen LogP contribution in [0.15, 0.2) is 24.3 Å². The lowest BCUT2D eigenvalue weighted by Crippen LogP contribution is -2.49. The third kappa shape index (κ3) is 4.79. The molecule has 116 valence electrons. The van der Waals surface area contributed by atoms with E-state index in [1.807, 2.05) is 4.90 Å². The van der Waals surface area contributed by atoms with E-state index in [1.165, 1.54) is 6.07 Å². The van der Waals surface area contributed by atoms with Crippen molar-refractivity contribution in [3.05, 3.63) is 35.6 Å². The lowest BCUT2D eigenvalue weighted by atomic mass is 10.1. The molecule has 1 fully saturated rings. The number of carbonyl (C=O) groups is 1. The third-order valence-corrected chi connectivity index (χ3v) is 3.91. The molecule has 1 N–H and O–H groups in total. The number of aliphatic hydroxyl groups is 1. The van der Waals surface area contributed by atoms with Gasteiger partial charge in [-0.1, -0.05) is 18.2 Å². The number of aliphatic hydroxyl groups excluding tert-OH is 1. The van der Waals surface area contributed by atoms with E-state index >= 15 is 0 Å². The largest absolute Gasteiger partial charge is 0.396 e. The Morgan fingerprint density at radius 3 is 2.52 bits per heavy atom. The van der Waals surface area contributed by atoms with Crippen LogP contribution in [-0.4, -0.2) is 60.1 Å². The fourth-order valence-corrected chi connectivity index (χ4v) is 2.58. The molecule has 1 saturated heterocycles. The summed E-state index contributed by atoms with van der Waals surface area (Å²) >= 11 is 0. The molecule has 0 aromatic heterocycles. The maximum absolute atomic E-state index is 13.6. The van der Waals surface area contributed by atoms with Crippen LogP contribution in [-0.2, 0) is 11.2 Å². The molecule has 4 nitrogen and oxygen atoms in total. The Kier molecular flexibility index (Phi) is 6.14. The van der Waals surface area contributed by atoms with Crippen LogP contribution >= 0.6 is 0 Å². The van der Waals surface area contributed by atoms with E-state index in [1.54, 1.807) is 18.2 Å². The van der Waals surface area contributed by atoms with Crippen molar-refractivity contribution in [2.45, 2.75) is 19.3 Å². The summed E-state index contributed by atoms with van der Waals surface area (Å²) in [4.78, 5) is 16.3. The second kappa shape index (κ2) is 8.10. The number of unbranched alkanes of at least 4 members (excludes halogenated alkanes) is 1. The smallest absolute Gasteiger partial charge is 0.227 e. The number of carbonyl (C=O) groups excluding carboxylic acids is 1. The molecular weight excluding hydrogens is 271 g/mol. The van der Waals surface area contributed by atoms with Gasteiger partial charge in [0.2, 0.25) is 5.91 Å². The van der Waals surface area contributed by atoms with E-state index < -0.39 is 0 Å². The molecule has 0 atom stereocenters. The number of hydrogen-bond acceptors (Lipinski definition) is 3. The van der Waals surface area contributed by atoms with Gasteiger partial charge in [0.05, 0.1) is 6.42 Å². The molecule has 1 aliphatic heterocycles. The van der Waals surface area contributed by atoms with E-state index in [0.717, 1.165) is 32.5 Å². The number of rotatable bonds is 6. The second-order valence-electron chi connectivity index (χ2n) is 5.42. The molecule has 1 aromatic carbocycles. The summed E-state index contributed by atoms with van der Waals surface area (Å²) in [5.74, 6) is -0.316. The molecular formula is C16H23FN2O2. The Morgan fingerprint density at radius 2 is 1.86 bits per heavy atom. The monoisotopic (exact) mass is 294 g/mol. The van der Waals surface area contributed by atoms with Crippen molar-refractivity contribution in [1.29, 1.82) is 0 Å². The first-order valence-electron chi connectivity index (χ1n) is 7.55. The molecule has 0 saturated carbocycles. The van der Waals surface area contributed by atoms with Crippen molar-refractivity contribution in [1.82, 2.24) is 9.80 Å². The highest BCUT2D eigenvalue weighted by Gasteiger charge is 2.21. The average molecular weight is 294 g/mol. The van der Waals surface area contributed by atoms with Crippen molar-refractivity contribution in [2.24, 2.45) is 0 Å². The predicted octanol–water partition coefficient (Wildman–Crippen LogP) is 1.28. The summed E-state index contributed by atoms with van der Waals surface area (Å²) in [7, 11) is 0. The summed E-state index contributed by atoms with van der Waals surface area (Å²) in [5, 5.41) is 8.77. The molecule has 5 heteroatoms. The zero-order valence-corrected chi connectivity index (χ0v) is 12.3. The summed E-state index contributed by atoms with van der Waals surface area (Å²) in [6.07, 6.45) is 1.95. The van der Waals surface area contributed by atoms with E-state index in [-0.39, 0.29) is 24.8 Å². The Morgan fingerprint density at radius 1 is 1.14 bits per heavy atom. The minimum atomic E-state index is -0.312. The van der Waals surface area contributed by atoms with Gasteiger partial charge >= 0.3 is 0 Å². The molecule has 1 heterocycles. The molecule has 0 spiro atoms. The highest BCUT2D eigenvalue weighted by atomic mass is 19.1. The summed E-state index contributed by atoms with van der Waals surface area (Å²) < 4.78 is 13.6. The molecule has 1 aliphatic rings. The van der Waals surface area contributed by atoms with Gasteiger partial charge in [0.15, 0.2) is 0 Å². The highest BCUT2D eigenvalue weighted by molar-refractivity contribution is 5.78. The summed E-state index contributed by atoms with van der Waals surface area (Å²) in [5.41, 5.74) is 0.466. The van der Waals surface area contributed by atoms with Crippen LogP contribution in [0, 0.1) is 5.82 Å². The number of amides is 1. The normalized spacial score (nSPS) is 16.2. The van der Waals surface area contributed by atoms with Gasteiger partial charge in [-0.3, -0.25) is 9.69 Å². The molecule has 0 unspecified atom stereocenters. The van der Waals surface area contributed by atoms with Gasteiger partial charge in [0.25, 0.3) is 0 Å². The van der Waals surface area contributed by atoms with Crippen LogP contribution in [0.4, 0.5) is 4.39 Å². The fraction of sp³-hybridized carbons (Fsp3) is 0.562. The summed E-state index contributed by atoms with van der Waals surface area (Å²) in [6.45, 7) is 4.32. The lowest BCUT2D eigenvalue weighted by molar-refractivity contribution is -0.132. The maximum Gasteiger partial charge on any atom is 0.227 e. The number of halogens is 1. The number of piperazine rings is 1. The topological polar surface area (TPSA) is 43.8 Å². The third-order valence-electron chi connectivity index (χ3n) is 3.91. The standard InChI is InChI=1S/C16H23FN2O2/c17-15-6-2-1-5-14(15)13-16(21)19-10-8-18(9-11-19)7-3-4-12-20/h1-2,5-6,20H,3-4,7-13H2. The number of hydrogen-bond donors (Lipinski definition) is 1. The van der Waals surface area contributed by atoms with Crippen LogP contribution in [0.2, 0.25) is 0 Å². The first-order valence-corrected chi connectivity index (χ1v) is 7.55. The molecule has 0 bridgehead atoms. The van der Waals surface area contributed by atoms with E-state index in [2.05, 4.69) is 4.90 Å². The van der Waals surface area contributed by atoms with E-state index in [9.17, 15) is 9.18 Å². The minimum absolute atomic E-state index is 0.00453. The van der Waals surface area contributed by atoms with Crippen LogP contribution in [0.25, 0.3) is 0 Å². The van der Waals surface area contributed by atoms with Gasteiger partial charge in [0, 0.05) is 32.8 Å².